The summed E-state index contributed by atoms with van der Waals surface area (Å²) in [7, 11) is 1.92. The fourth-order valence-corrected chi connectivity index (χ4v) is 3.12. The van der Waals surface area contributed by atoms with E-state index < -0.39 is 0 Å². The van der Waals surface area contributed by atoms with Gasteiger partial charge >= 0.3 is 0 Å². The molecule has 0 aliphatic carbocycles. The molecule has 2 atom stereocenters. The number of hydrogen-bond acceptors (Lipinski definition) is 3. The molecule has 2 N–H and O–H groups in total. The van der Waals surface area contributed by atoms with Crippen molar-refractivity contribution in [2.24, 2.45) is 12.8 Å². The molecule has 0 saturated heterocycles. The highest BCUT2D eigenvalue weighted by molar-refractivity contribution is 9.10. The lowest BCUT2D eigenvalue weighted by molar-refractivity contribution is 0.721. The van der Waals surface area contributed by atoms with Crippen LogP contribution in [0.2, 0.25) is 0 Å². The van der Waals surface area contributed by atoms with Gasteiger partial charge in [-0.2, -0.15) is 5.10 Å². The van der Waals surface area contributed by atoms with Crippen molar-refractivity contribution in [1.82, 2.24) is 9.78 Å². The maximum atomic E-state index is 6.10. The van der Waals surface area contributed by atoms with Gasteiger partial charge in [0.1, 0.15) is 0 Å². The number of nitrogens with zero attached hydrogens (tertiary/aromatic N) is 2. The number of aromatic nitrogens is 2. The standard InChI is InChI=1S/C13H16BrN3S/c1-9(15)13(10-3-5-11(14)6-4-10)18-12-7-16-17(2)8-12/h3-9,13H,15H2,1-2H3. The molecule has 1 aromatic heterocycles. The Bertz CT molecular complexity index is 507. The van der Waals surface area contributed by atoms with Gasteiger partial charge in [0, 0.05) is 33.9 Å². The number of thioether (sulfide) groups is 1. The molecule has 96 valence electrons. The quantitative estimate of drug-likeness (QED) is 0.876. The van der Waals surface area contributed by atoms with Crippen molar-refractivity contribution in [3.05, 3.63) is 46.7 Å². The Morgan fingerprint density at radius 3 is 2.50 bits per heavy atom. The number of halogens is 1. The Hall–Kier alpha value is -0.780. The fourth-order valence-electron chi connectivity index (χ4n) is 1.74. The molecule has 0 radical (unpaired) electrons. The third-order valence-electron chi connectivity index (χ3n) is 2.62. The lowest BCUT2D eigenvalue weighted by atomic mass is 10.1. The molecule has 0 aliphatic rings. The highest BCUT2D eigenvalue weighted by Crippen LogP contribution is 2.37. The minimum Gasteiger partial charge on any atom is -0.327 e. The summed E-state index contributed by atoms with van der Waals surface area (Å²) in [5, 5.41) is 4.42. The highest BCUT2D eigenvalue weighted by atomic mass is 79.9. The second kappa shape index (κ2) is 5.91. The Morgan fingerprint density at radius 1 is 1.33 bits per heavy atom. The van der Waals surface area contributed by atoms with E-state index in [1.165, 1.54) is 5.56 Å². The molecule has 1 aromatic carbocycles. The zero-order valence-electron chi connectivity index (χ0n) is 10.4. The topological polar surface area (TPSA) is 43.8 Å². The van der Waals surface area contributed by atoms with Crippen molar-refractivity contribution in [2.75, 3.05) is 0 Å². The molecular formula is C13H16BrN3S. The molecule has 0 aliphatic heterocycles. The van der Waals surface area contributed by atoms with E-state index in [9.17, 15) is 0 Å². The Labute approximate surface area is 120 Å². The molecular weight excluding hydrogens is 310 g/mol. The van der Waals surface area contributed by atoms with E-state index >= 15 is 0 Å². The molecule has 2 rings (SSSR count). The van der Waals surface area contributed by atoms with Crippen molar-refractivity contribution in [2.45, 2.75) is 23.1 Å². The van der Waals surface area contributed by atoms with Crippen LogP contribution in [0.1, 0.15) is 17.7 Å². The van der Waals surface area contributed by atoms with Gasteiger partial charge in [0.15, 0.2) is 0 Å². The van der Waals surface area contributed by atoms with Crippen LogP contribution in [0, 0.1) is 0 Å². The number of benzene rings is 1. The largest absolute Gasteiger partial charge is 0.327 e. The molecule has 5 heteroatoms. The third-order valence-corrected chi connectivity index (χ3v) is 4.59. The van der Waals surface area contributed by atoms with Gasteiger partial charge in [0.05, 0.1) is 6.20 Å². The number of rotatable bonds is 4. The molecule has 1 heterocycles. The van der Waals surface area contributed by atoms with Crippen molar-refractivity contribution >= 4 is 27.7 Å². The Morgan fingerprint density at radius 2 is 2.00 bits per heavy atom. The van der Waals surface area contributed by atoms with E-state index in [0.29, 0.717) is 0 Å². The van der Waals surface area contributed by atoms with E-state index in [-0.39, 0.29) is 11.3 Å². The number of nitrogens with two attached hydrogens (primary N) is 1. The van der Waals surface area contributed by atoms with Gasteiger partial charge in [-0.15, -0.1) is 11.8 Å². The van der Waals surface area contributed by atoms with Gasteiger partial charge in [-0.1, -0.05) is 28.1 Å². The van der Waals surface area contributed by atoms with E-state index in [2.05, 4.69) is 45.3 Å². The van der Waals surface area contributed by atoms with Gasteiger partial charge in [0.2, 0.25) is 0 Å². The minimum absolute atomic E-state index is 0.0800. The normalized spacial score (nSPS) is 14.4. The van der Waals surface area contributed by atoms with E-state index in [4.69, 9.17) is 5.73 Å². The molecule has 0 fully saturated rings. The predicted octanol–water partition coefficient (Wildman–Crippen LogP) is 3.36. The SMILES string of the molecule is CC(N)C(Sc1cnn(C)c1)c1ccc(Br)cc1. The summed E-state index contributed by atoms with van der Waals surface area (Å²) in [4.78, 5) is 1.14. The average molecular weight is 326 g/mol. The third kappa shape index (κ3) is 3.37. The van der Waals surface area contributed by atoms with Gasteiger partial charge in [-0.05, 0) is 24.6 Å². The lowest BCUT2D eigenvalue weighted by Gasteiger charge is -2.20. The number of aryl methyl sites for hydroxylation is 1. The summed E-state index contributed by atoms with van der Waals surface area (Å²) in [5.74, 6) is 0. The summed E-state index contributed by atoms with van der Waals surface area (Å²) >= 11 is 5.20. The Kier molecular flexibility index (Phi) is 4.48. The molecule has 18 heavy (non-hydrogen) atoms. The number of hydrogen-bond donors (Lipinski definition) is 1. The molecule has 0 bridgehead atoms. The van der Waals surface area contributed by atoms with E-state index in [1.807, 2.05) is 31.0 Å². The second-order valence-corrected chi connectivity index (χ2v) is 6.43. The van der Waals surface area contributed by atoms with Gasteiger partial charge in [-0.3, -0.25) is 4.68 Å². The molecule has 2 unspecified atom stereocenters. The highest BCUT2D eigenvalue weighted by Gasteiger charge is 2.18. The van der Waals surface area contributed by atoms with Crippen LogP contribution in [-0.4, -0.2) is 15.8 Å². The summed E-state index contributed by atoms with van der Waals surface area (Å²) in [6, 6.07) is 8.41. The van der Waals surface area contributed by atoms with Crippen molar-refractivity contribution in [3.8, 4) is 0 Å². The smallest absolute Gasteiger partial charge is 0.0626 e. The van der Waals surface area contributed by atoms with Crippen LogP contribution in [-0.2, 0) is 7.05 Å². The minimum atomic E-state index is 0.0800. The van der Waals surface area contributed by atoms with Crippen LogP contribution >= 0.6 is 27.7 Å². The molecule has 0 spiro atoms. The molecule has 3 nitrogen and oxygen atoms in total. The first kappa shape index (κ1) is 13.6. The zero-order chi connectivity index (χ0) is 13.1. The Balaban J connectivity index is 2.20. The van der Waals surface area contributed by atoms with Crippen LogP contribution in [0.5, 0.6) is 0 Å². The van der Waals surface area contributed by atoms with Crippen LogP contribution in [0.3, 0.4) is 0 Å². The predicted molar refractivity (Wildman–Crippen MR) is 79.6 cm³/mol. The molecule has 0 saturated carbocycles. The summed E-state index contributed by atoms with van der Waals surface area (Å²) in [6.45, 7) is 2.04. The first-order chi connectivity index (χ1) is 8.56. The maximum Gasteiger partial charge on any atom is 0.0626 e. The van der Waals surface area contributed by atoms with Crippen molar-refractivity contribution in [3.63, 3.8) is 0 Å². The van der Waals surface area contributed by atoms with Crippen molar-refractivity contribution < 1.29 is 0 Å². The molecule has 2 aromatic rings. The fraction of sp³-hybridized carbons (Fsp3) is 0.308. The summed E-state index contributed by atoms with van der Waals surface area (Å²) in [5.41, 5.74) is 7.34. The van der Waals surface area contributed by atoms with Crippen LogP contribution in [0.4, 0.5) is 0 Å². The monoisotopic (exact) mass is 325 g/mol. The van der Waals surface area contributed by atoms with E-state index in [1.54, 1.807) is 11.8 Å². The van der Waals surface area contributed by atoms with Gasteiger partial charge < -0.3 is 5.73 Å². The second-order valence-electron chi connectivity index (χ2n) is 4.30. The first-order valence-corrected chi connectivity index (χ1v) is 7.40. The van der Waals surface area contributed by atoms with Crippen LogP contribution < -0.4 is 5.73 Å². The summed E-state index contributed by atoms with van der Waals surface area (Å²) in [6.07, 6.45) is 3.89. The molecule has 0 amide bonds. The van der Waals surface area contributed by atoms with Crippen LogP contribution in [0.25, 0.3) is 0 Å². The van der Waals surface area contributed by atoms with Gasteiger partial charge in [0.25, 0.3) is 0 Å². The zero-order valence-corrected chi connectivity index (χ0v) is 12.8. The lowest BCUT2D eigenvalue weighted by Crippen LogP contribution is -2.22. The first-order valence-electron chi connectivity index (χ1n) is 5.72. The van der Waals surface area contributed by atoms with E-state index in [0.717, 1.165) is 9.37 Å². The summed E-state index contributed by atoms with van der Waals surface area (Å²) < 4.78 is 2.89. The van der Waals surface area contributed by atoms with Crippen molar-refractivity contribution in [1.29, 1.82) is 0 Å². The average Bonchev–Trinajstić information content (AvgIpc) is 2.73. The van der Waals surface area contributed by atoms with Crippen LogP contribution in [0.15, 0.2) is 46.0 Å². The van der Waals surface area contributed by atoms with Gasteiger partial charge in [-0.25, -0.2) is 0 Å². The maximum absolute atomic E-state index is 6.10.